The monoisotopic (exact) mass is 882 g/mol. The number of aliphatic hydroxyl groups excluding tert-OH is 7. The molecule has 0 saturated heterocycles. The minimum Gasteiger partial charge on any atom is -0.393 e. The topological polar surface area (TPSA) is 226 Å². The molecule has 1 amide bonds. The largest absolute Gasteiger partial charge is 0.472 e. The van der Waals surface area contributed by atoms with Gasteiger partial charge in [-0.05, 0) is 12.8 Å². The van der Waals surface area contributed by atoms with Crippen LogP contribution in [-0.4, -0.2) is 108 Å². The van der Waals surface area contributed by atoms with Crippen LogP contribution in [0.5, 0.6) is 0 Å². The summed E-state index contributed by atoms with van der Waals surface area (Å²) < 4.78 is 22.9. The summed E-state index contributed by atoms with van der Waals surface area (Å²) in [6.45, 7) is 3.79. The van der Waals surface area contributed by atoms with Crippen LogP contribution >= 0.6 is 7.82 Å². The SMILES string of the molecule is CCCCCCCCCCCCCCCCCCCCCC(O)CC(=O)NC(COP(=O)(O)OC1C(O)C(O)C(O)C(O)C1O)C(O)CCCCCCCCCCCCC. The van der Waals surface area contributed by atoms with Gasteiger partial charge < -0.3 is 46.0 Å². The fourth-order valence-electron chi connectivity index (χ4n) is 8.19. The van der Waals surface area contributed by atoms with Crippen LogP contribution in [-0.2, 0) is 18.4 Å². The number of hydrogen-bond donors (Lipinski definition) is 9. The maximum Gasteiger partial charge on any atom is 0.472 e. The molecule has 0 aromatic heterocycles. The molecular formula is C46H92NO12P. The van der Waals surface area contributed by atoms with Crippen LogP contribution in [0.4, 0.5) is 0 Å². The zero-order valence-electron chi connectivity index (χ0n) is 37.9. The highest BCUT2D eigenvalue weighted by molar-refractivity contribution is 7.47. The van der Waals surface area contributed by atoms with Gasteiger partial charge in [-0.2, -0.15) is 0 Å². The molecule has 0 heterocycles. The summed E-state index contributed by atoms with van der Waals surface area (Å²) in [6.07, 6.45) is 23.0. The van der Waals surface area contributed by atoms with Crippen LogP contribution in [0.25, 0.3) is 0 Å². The van der Waals surface area contributed by atoms with Gasteiger partial charge in [0.2, 0.25) is 5.91 Å². The maximum atomic E-state index is 13.0. The third-order valence-electron chi connectivity index (χ3n) is 12.2. The van der Waals surface area contributed by atoms with Crippen LogP contribution in [0.15, 0.2) is 0 Å². The normalized spacial score (nSPS) is 23.3. The summed E-state index contributed by atoms with van der Waals surface area (Å²) in [4.78, 5) is 23.5. The van der Waals surface area contributed by atoms with Gasteiger partial charge in [-0.1, -0.05) is 206 Å². The van der Waals surface area contributed by atoms with Crippen LogP contribution < -0.4 is 5.32 Å². The molecule has 8 unspecified atom stereocenters. The van der Waals surface area contributed by atoms with Gasteiger partial charge in [-0.15, -0.1) is 0 Å². The molecule has 60 heavy (non-hydrogen) atoms. The van der Waals surface area contributed by atoms with Gasteiger partial charge >= 0.3 is 7.82 Å². The third kappa shape index (κ3) is 28.2. The lowest BCUT2D eigenvalue weighted by atomic mass is 9.85. The number of unbranched alkanes of at least 4 members (excludes halogenated alkanes) is 28. The first-order valence-corrected chi connectivity index (χ1v) is 26.1. The predicted molar refractivity (Wildman–Crippen MR) is 238 cm³/mol. The molecule has 1 fully saturated rings. The molecule has 0 spiro atoms. The summed E-state index contributed by atoms with van der Waals surface area (Å²) in [5.74, 6) is -0.557. The van der Waals surface area contributed by atoms with Crippen LogP contribution in [0, 0.1) is 0 Å². The zero-order chi connectivity index (χ0) is 44.4. The number of amides is 1. The van der Waals surface area contributed by atoms with Gasteiger partial charge in [0.15, 0.2) is 0 Å². The molecule has 1 aliphatic rings. The Labute approximate surface area is 364 Å². The fourth-order valence-corrected chi connectivity index (χ4v) is 9.16. The first-order chi connectivity index (χ1) is 28.8. The molecule has 0 aliphatic heterocycles. The quantitative estimate of drug-likeness (QED) is 0.0208. The average Bonchev–Trinajstić information content (AvgIpc) is 3.22. The summed E-state index contributed by atoms with van der Waals surface area (Å²) in [5.41, 5.74) is 0. The zero-order valence-corrected chi connectivity index (χ0v) is 38.8. The van der Waals surface area contributed by atoms with Crippen LogP contribution in [0.1, 0.15) is 226 Å². The molecule has 1 aliphatic carbocycles. The molecule has 1 saturated carbocycles. The standard InChI is InChI=1S/C46H92NO12P/c1-3-5-7-9-11-13-15-16-17-18-19-20-21-22-24-25-27-29-31-33-37(48)35-40(50)47-38(39(49)34-32-30-28-26-23-14-12-10-8-6-4-2)36-58-60(56,57)59-46-44(54)42(52)41(51)43(53)45(46)55/h37-39,41-46,48-49,51-55H,3-36H2,1-2H3,(H,47,50)(H,56,57). The fraction of sp³-hybridized carbons (Fsp3) is 0.978. The number of aliphatic hydroxyl groups is 7. The van der Waals surface area contributed by atoms with Gasteiger partial charge in [-0.3, -0.25) is 13.8 Å². The van der Waals surface area contributed by atoms with Gasteiger partial charge in [0.25, 0.3) is 0 Å². The Balaban J connectivity index is 2.42. The van der Waals surface area contributed by atoms with E-state index in [1.807, 2.05) is 0 Å². The average molecular weight is 882 g/mol. The number of hydrogen-bond acceptors (Lipinski definition) is 11. The van der Waals surface area contributed by atoms with Crippen molar-refractivity contribution in [1.82, 2.24) is 5.32 Å². The molecule has 1 rings (SSSR count). The van der Waals surface area contributed by atoms with Crippen LogP contribution in [0.3, 0.4) is 0 Å². The summed E-state index contributed by atoms with van der Waals surface area (Å²) >= 11 is 0. The van der Waals surface area contributed by atoms with Gasteiger partial charge in [-0.25, -0.2) is 4.57 Å². The number of phosphoric acid groups is 1. The van der Waals surface area contributed by atoms with E-state index >= 15 is 0 Å². The molecule has 358 valence electrons. The van der Waals surface area contributed by atoms with Crippen LogP contribution in [0.2, 0.25) is 0 Å². The molecule has 9 N–H and O–H groups in total. The Morgan fingerprint density at radius 1 is 0.517 bits per heavy atom. The molecule has 0 bridgehead atoms. The van der Waals surface area contributed by atoms with Crippen molar-refractivity contribution in [2.75, 3.05) is 6.61 Å². The number of phosphoric ester groups is 1. The maximum absolute atomic E-state index is 13.0. The highest BCUT2D eigenvalue weighted by atomic mass is 31.2. The van der Waals surface area contributed by atoms with E-state index in [4.69, 9.17) is 9.05 Å². The van der Waals surface area contributed by atoms with Gasteiger partial charge in [0.05, 0.1) is 31.3 Å². The van der Waals surface area contributed by atoms with Crippen molar-refractivity contribution in [3.8, 4) is 0 Å². The van der Waals surface area contributed by atoms with E-state index in [1.54, 1.807) is 0 Å². The van der Waals surface area contributed by atoms with Crippen molar-refractivity contribution < 1.29 is 59.0 Å². The number of carbonyl (C=O) groups excluding carboxylic acids is 1. The molecule has 0 aromatic carbocycles. The number of carbonyl (C=O) groups is 1. The number of nitrogens with one attached hydrogen (secondary N) is 1. The van der Waals surface area contributed by atoms with Gasteiger partial charge in [0, 0.05) is 0 Å². The molecular weight excluding hydrogens is 789 g/mol. The van der Waals surface area contributed by atoms with Gasteiger partial charge in [0.1, 0.15) is 36.6 Å². The van der Waals surface area contributed by atoms with E-state index < -0.39 is 75.2 Å². The van der Waals surface area contributed by atoms with E-state index in [9.17, 15) is 50.0 Å². The Hall–Kier alpha value is -0.700. The lowest BCUT2D eigenvalue weighted by Gasteiger charge is -2.41. The molecule has 14 heteroatoms. The first kappa shape index (κ1) is 57.3. The Kier molecular flexibility index (Phi) is 35.0. The highest BCUT2D eigenvalue weighted by Gasteiger charge is 2.51. The second-order valence-corrected chi connectivity index (χ2v) is 19.3. The Bertz CT molecular complexity index is 1040. The minimum atomic E-state index is -5.11. The predicted octanol–water partition coefficient (Wildman–Crippen LogP) is 8.43. The highest BCUT2D eigenvalue weighted by Crippen LogP contribution is 2.47. The third-order valence-corrected chi connectivity index (χ3v) is 13.2. The van der Waals surface area contributed by atoms with Crippen molar-refractivity contribution in [2.45, 2.75) is 281 Å². The van der Waals surface area contributed by atoms with Crippen molar-refractivity contribution in [1.29, 1.82) is 0 Å². The molecule has 13 nitrogen and oxygen atoms in total. The smallest absolute Gasteiger partial charge is 0.393 e. The number of rotatable bonds is 41. The van der Waals surface area contributed by atoms with E-state index in [0.29, 0.717) is 12.8 Å². The Morgan fingerprint density at radius 2 is 0.833 bits per heavy atom. The molecule has 0 aromatic rings. The minimum absolute atomic E-state index is 0.216. The van der Waals surface area contributed by atoms with E-state index in [2.05, 4.69) is 19.2 Å². The molecule has 8 atom stereocenters. The summed E-state index contributed by atoms with van der Waals surface area (Å²) in [6, 6.07) is -1.15. The van der Waals surface area contributed by atoms with Crippen molar-refractivity contribution in [3.63, 3.8) is 0 Å². The van der Waals surface area contributed by atoms with Crippen molar-refractivity contribution in [2.24, 2.45) is 0 Å². The summed E-state index contributed by atoms with van der Waals surface area (Å²) in [5, 5.41) is 74.6. The molecule has 0 radical (unpaired) electrons. The first-order valence-electron chi connectivity index (χ1n) is 24.6. The van der Waals surface area contributed by atoms with E-state index in [0.717, 1.165) is 51.4 Å². The van der Waals surface area contributed by atoms with E-state index in [-0.39, 0.29) is 12.8 Å². The Morgan fingerprint density at radius 3 is 1.20 bits per heavy atom. The summed E-state index contributed by atoms with van der Waals surface area (Å²) in [7, 11) is -5.11. The lowest BCUT2D eigenvalue weighted by molar-refractivity contribution is -0.220. The lowest BCUT2D eigenvalue weighted by Crippen LogP contribution is -2.64. The second-order valence-electron chi connectivity index (χ2n) is 17.9. The van der Waals surface area contributed by atoms with Crippen molar-refractivity contribution >= 4 is 13.7 Å². The van der Waals surface area contributed by atoms with Crippen molar-refractivity contribution in [3.05, 3.63) is 0 Å². The van der Waals surface area contributed by atoms with E-state index in [1.165, 1.54) is 135 Å². The second kappa shape index (κ2) is 36.6.